The largest absolute Gasteiger partial charge is 0.481 e. The molecule has 0 saturated carbocycles. The lowest BCUT2D eigenvalue weighted by Crippen LogP contribution is -2.53. The summed E-state index contributed by atoms with van der Waals surface area (Å²) in [6.07, 6.45) is 3.04. The molecule has 19 heavy (non-hydrogen) atoms. The zero-order chi connectivity index (χ0) is 14.0. The fourth-order valence-electron chi connectivity index (χ4n) is 1.89. The van der Waals surface area contributed by atoms with Crippen LogP contribution in [-0.4, -0.2) is 35.0 Å². The Hall–Kier alpha value is -1.56. The molecule has 0 aliphatic carbocycles. The number of halogens is 1. The fourth-order valence-corrected chi connectivity index (χ4v) is 2.21. The number of carbonyl (C=O) groups excluding carboxylic acids is 1. The van der Waals surface area contributed by atoms with Crippen molar-refractivity contribution in [3.8, 4) is 0 Å². The van der Waals surface area contributed by atoms with Crippen molar-refractivity contribution in [3.05, 3.63) is 28.6 Å². The van der Waals surface area contributed by atoms with Gasteiger partial charge in [0.05, 0.1) is 5.92 Å². The van der Waals surface area contributed by atoms with Gasteiger partial charge in [-0.25, -0.2) is 0 Å². The Morgan fingerprint density at radius 2 is 2.21 bits per heavy atom. The van der Waals surface area contributed by atoms with Crippen molar-refractivity contribution < 1.29 is 19.1 Å². The van der Waals surface area contributed by atoms with Gasteiger partial charge in [0.15, 0.2) is 4.67 Å². The van der Waals surface area contributed by atoms with Gasteiger partial charge in [-0.15, -0.1) is 0 Å². The van der Waals surface area contributed by atoms with Gasteiger partial charge in [0, 0.05) is 25.1 Å². The number of carboxylic acids is 1. The minimum absolute atomic E-state index is 0.0487. The maximum atomic E-state index is 11.8. The van der Waals surface area contributed by atoms with Gasteiger partial charge < -0.3 is 14.4 Å². The SMILES string of the molecule is CC(C(=O)O)C1CN(C(=O)/C=C/c2ccc(Br)o2)C1. The average Bonchev–Trinajstić information content (AvgIpc) is 2.70. The van der Waals surface area contributed by atoms with E-state index >= 15 is 0 Å². The maximum absolute atomic E-state index is 11.8. The Morgan fingerprint density at radius 1 is 1.53 bits per heavy atom. The summed E-state index contributed by atoms with van der Waals surface area (Å²) in [6, 6.07) is 3.50. The molecule has 1 unspecified atom stereocenters. The molecule has 1 N–H and O–H groups in total. The predicted molar refractivity (Wildman–Crippen MR) is 72.3 cm³/mol. The highest BCUT2D eigenvalue weighted by Crippen LogP contribution is 2.24. The normalized spacial score (nSPS) is 17.5. The lowest BCUT2D eigenvalue weighted by molar-refractivity contribution is -0.148. The molecule has 2 heterocycles. The van der Waals surface area contributed by atoms with E-state index in [0.717, 1.165) is 0 Å². The topological polar surface area (TPSA) is 70.8 Å². The number of furan rings is 1. The van der Waals surface area contributed by atoms with Gasteiger partial charge in [0.25, 0.3) is 0 Å². The highest BCUT2D eigenvalue weighted by molar-refractivity contribution is 9.10. The Kier molecular flexibility index (Phi) is 4.09. The van der Waals surface area contributed by atoms with E-state index in [1.165, 1.54) is 6.08 Å². The first-order valence-electron chi connectivity index (χ1n) is 5.92. The first kappa shape index (κ1) is 13.9. The molecule has 5 nitrogen and oxygen atoms in total. The van der Waals surface area contributed by atoms with Crippen LogP contribution in [-0.2, 0) is 9.59 Å². The van der Waals surface area contributed by atoms with Gasteiger partial charge in [-0.05, 0) is 34.1 Å². The van der Waals surface area contributed by atoms with E-state index in [0.29, 0.717) is 23.5 Å². The van der Waals surface area contributed by atoms with Crippen molar-refractivity contribution in [3.63, 3.8) is 0 Å². The molecule has 1 fully saturated rings. The van der Waals surface area contributed by atoms with Crippen LogP contribution in [0.2, 0.25) is 0 Å². The Bertz CT molecular complexity index is 516. The van der Waals surface area contributed by atoms with Crippen molar-refractivity contribution in [1.82, 2.24) is 4.90 Å². The van der Waals surface area contributed by atoms with Gasteiger partial charge in [0.1, 0.15) is 5.76 Å². The number of carboxylic acid groups (broad SMARTS) is 1. The van der Waals surface area contributed by atoms with Crippen molar-refractivity contribution in [1.29, 1.82) is 0 Å². The first-order chi connectivity index (χ1) is 8.97. The van der Waals surface area contributed by atoms with Crippen molar-refractivity contribution in [2.24, 2.45) is 11.8 Å². The van der Waals surface area contributed by atoms with Crippen LogP contribution in [0.25, 0.3) is 6.08 Å². The third-order valence-electron chi connectivity index (χ3n) is 3.30. The van der Waals surface area contributed by atoms with Crippen molar-refractivity contribution in [2.45, 2.75) is 6.92 Å². The van der Waals surface area contributed by atoms with Crippen LogP contribution < -0.4 is 0 Å². The number of hydrogen-bond acceptors (Lipinski definition) is 3. The summed E-state index contributed by atoms with van der Waals surface area (Å²) < 4.78 is 5.85. The zero-order valence-corrected chi connectivity index (χ0v) is 12.0. The summed E-state index contributed by atoms with van der Waals surface area (Å²) >= 11 is 3.18. The minimum Gasteiger partial charge on any atom is -0.481 e. The van der Waals surface area contributed by atoms with Crippen LogP contribution >= 0.6 is 15.9 Å². The number of amides is 1. The number of nitrogens with zero attached hydrogens (tertiary/aromatic N) is 1. The van der Waals surface area contributed by atoms with E-state index in [4.69, 9.17) is 9.52 Å². The van der Waals surface area contributed by atoms with Gasteiger partial charge in [-0.1, -0.05) is 6.92 Å². The van der Waals surface area contributed by atoms with E-state index < -0.39 is 11.9 Å². The van der Waals surface area contributed by atoms with Crippen LogP contribution in [0.1, 0.15) is 12.7 Å². The molecule has 0 spiro atoms. The molecule has 0 bridgehead atoms. The molecule has 1 aliphatic heterocycles. The lowest BCUT2D eigenvalue weighted by atomic mass is 9.87. The van der Waals surface area contributed by atoms with Crippen LogP contribution in [0.5, 0.6) is 0 Å². The molecule has 1 amide bonds. The number of carbonyl (C=O) groups is 2. The van der Waals surface area contributed by atoms with Crippen LogP contribution in [0.4, 0.5) is 0 Å². The number of rotatable bonds is 4. The molecular formula is C13H14BrNO4. The Balaban J connectivity index is 1.83. The molecule has 0 aromatic carbocycles. The zero-order valence-electron chi connectivity index (χ0n) is 10.4. The summed E-state index contributed by atoms with van der Waals surface area (Å²) in [5, 5.41) is 8.86. The van der Waals surface area contributed by atoms with Crippen LogP contribution in [0.3, 0.4) is 0 Å². The summed E-state index contributed by atoms with van der Waals surface area (Å²) in [6.45, 7) is 2.67. The predicted octanol–water partition coefficient (Wildman–Crippen LogP) is 2.23. The molecule has 0 radical (unpaired) electrons. The molecule has 1 saturated heterocycles. The maximum Gasteiger partial charge on any atom is 0.306 e. The molecule has 102 valence electrons. The highest BCUT2D eigenvalue weighted by atomic mass is 79.9. The highest BCUT2D eigenvalue weighted by Gasteiger charge is 2.36. The third kappa shape index (κ3) is 3.26. The van der Waals surface area contributed by atoms with E-state index in [-0.39, 0.29) is 11.8 Å². The molecule has 6 heteroatoms. The van der Waals surface area contributed by atoms with Crippen molar-refractivity contribution >= 4 is 33.9 Å². The van der Waals surface area contributed by atoms with Gasteiger partial charge in [0.2, 0.25) is 5.91 Å². The summed E-state index contributed by atoms with van der Waals surface area (Å²) in [5.74, 6) is -0.702. The van der Waals surface area contributed by atoms with Crippen LogP contribution in [0, 0.1) is 11.8 Å². The standard InChI is InChI=1S/C13H14BrNO4/c1-8(13(17)18)9-6-15(7-9)12(16)5-3-10-2-4-11(14)19-10/h2-5,8-9H,6-7H2,1H3,(H,17,18)/b5-3+. The number of aliphatic carboxylic acids is 1. The van der Waals surface area contributed by atoms with Gasteiger partial charge in [-0.3, -0.25) is 9.59 Å². The van der Waals surface area contributed by atoms with Crippen LogP contribution in [0.15, 0.2) is 27.3 Å². The summed E-state index contributed by atoms with van der Waals surface area (Å²) in [4.78, 5) is 24.2. The minimum atomic E-state index is -0.812. The van der Waals surface area contributed by atoms with Gasteiger partial charge in [-0.2, -0.15) is 0 Å². The lowest BCUT2D eigenvalue weighted by Gasteiger charge is -2.40. The second-order valence-corrected chi connectivity index (χ2v) is 5.39. The average molecular weight is 328 g/mol. The Morgan fingerprint density at radius 3 is 2.74 bits per heavy atom. The molecule has 1 aliphatic rings. The molecule has 2 rings (SSSR count). The van der Waals surface area contributed by atoms with E-state index in [9.17, 15) is 9.59 Å². The monoisotopic (exact) mass is 327 g/mol. The summed E-state index contributed by atoms with van der Waals surface area (Å²) in [5.41, 5.74) is 0. The molecule has 1 aromatic rings. The van der Waals surface area contributed by atoms with E-state index in [1.54, 1.807) is 30.0 Å². The Labute approximate surface area is 119 Å². The molecular weight excluding hydrogens is 314 g/mol. The fraction of sp³-hybridized carbons (Fsp3) is 0.385. The first-order valence-corrected chi connectivity index (χ1v) is 6.72. The number of likely N-dealkylation sites (tertiary alicyclic amines) is 1. The quantitative estimate of drug-likeness (QED) is 0.861. The smallest absolute Gasteiger partial charge is 0.306 e. The molecule has 1 atom stereocenters. The number of hydrogen-bond donors (Lipinski definition) is 1. The van der Waals surface area contributed by atoms with E-state index in [2.05, 4.69) is 15.9 Å². The molecule has 1 aromatic heterocycles. The van der Waals surface area contributed by atoms with E-state index in [1.807, 2.05) is 0 Å². The third-order valence-corrected chi connectivity index (χ3v) is 3.73. The second kappa shape index (κ2) is 5.61. The second-order valence-electron chi connectivity index (χ2n) is 4.61. The van der Waals surface area contributed by atoms with Gasteiger partial charge >= 0.3 is 5.97 Å². The van der Waals surface area contributed by atoms with Crippen molar-refractivity contribution in [2.75, 3.05) is 13.1 Å². The summed E-state index contributed by atoms with van der Waals surface area (Å²) in [7, 11) is 0.